The number of halogens is 1. The van der Waals surface area contributed by atoms with Crippen molar-refractivity contribution in [1.82, 2.24) is 0 Å². The lowest BCUT2D eigenvalue weighted by atomic mass is 9.96. The lowest BCUT2D eigenvalue weighted by Gasteiger charge is -2.26. The first-order valence-corrected chi connectivity index (χ1v) is 7.57. The van der Waals surface area contributed by atoms with Gasteiger partial charge < -0.3 is 9.32 Å². The number of hydrogen-bond acceptors (Lipinski definition) is 2. The summed E-state index contributed by atoms with van der Waals surface area (Å²) in [6.45, 7) is 1.97. The van der Waals surface area contributed by atoms with Gasteiger partial charge in [-0.05, 0) is 36.6 Å². The summed E-state index contributed by atoms with van der Waals surface area (Å²) in [5.41, 5.74) is 4.59. The topological polar surface area (TPSA) is 33.5 Å². The number of alkyl halides is 1. The Hall–Kier alpha value is -1.55. The summed E-state index contributed by atoms with van der Waals surface area (Å²) in [5.74, 6) is 1.11. The fourth-order valence-electron chi connectivity index (χ4n) is 2.67. The average Bonchev–Trinajstić information content (AvgIpc) is 2.88. The summed E-state index contributed by atoms with van der Waals surface area (Å²) in [5, 5.41) is 0. The minimum atomic E-state index is 0.120. The Balaban J connectivity index is 1.97. The zero-order valence-electron chi connectivity index (χ0n) is 11.5. The van der Waals surface area contributed by atoms with Gasteiger partial charge in [0, 0.05) is 24.7 Å². The molecule has 0 aliphatic carbocycles. The molecule has 20 heavy (non-hydrogen) atoms. The second-order valence-corrected chi connectivity index (χ2v) is 6.05. The summed E-state index contributed by atoms with van der Waals surface area (Å²) in [6, 6.07) is 8.28. The van der Waals surface area contributed by atoms with Crippen LogP contribution in [0.25, 0.3) is 0 Å². The van der Waals surface area contributed by atoms with Crippen molar-refractivity contribution < 1.29 is 9.21 Å². The lowest BCUT2D eigenvalue weighted by molar-refractivity contribution is -0.118. The summed E-state index contributed by atoms with van der Waals surface area (Å²) < 4.78 is 5.37. The first-order chi connectivity index (χ1) is 9.58. The van der Waals surface area contributed by atoms with Gasteiger partial charge >= 0.3 is 0 Å². The highest BCUT2D eigenvalue weighted by atomic mass is 79.9. The van der Waals surface area contributed by atoms with Crippen molar-refractivity contribution in [3.63, 3.8) is 0 Å². The maximum absolute atomic E-state index is 11.7. The van der Waals surface area contributed by atoms with E-state index in [1.807, 2.05) is 26.1 Å². The van der Waals surface area contributed by atoms with Crippen molar-refractivity contribution in [1.29, 1.82) is 0 Å². The molecule has 1 unspecified atom stereocenters. The van der Waals surface area contributed by atoms with Crippen molar-refractivity contribution in [2.45, 2.75) is 24.6 Å². The van der Waals surface area contributed by atoms with Gasteiger partial charge in [0.2, 0.25) is 5.91 Å². The molecule has 0 radical (unpaired) electrons. The largest absolute Gasteiger partial charge is 0.469 e. The van der Waals surface area contributed by atoms with E-state index in [1.165, 1.54) is 11.1 Å². The number of fused-ring (bicyclic) bond motifs is 1. The molecule has 3 rings (SSSR count). The predicted octanol–water partition coefficient (Wildman–Crippen LogP) is 3.98. The van der Waals surface area contributed by atoms with E-state index < -0.39 is 0 Å². The number of carbonyl (C=O) groups is 1. The van der Waals surface area contributed by atoms with Crippen LogP contribution in [0.2, 0.25) is 0 Å². The molecule has 1 aliphatic heterocycles. The van der Waals surface area contributed by atoms with Crippen LogP contribution in [0, 0.1) is 6.92 Å². The van der Waals surface area contributed by atoms with Crippen molar-refractivity contribution in [3.8, 4) is 0 Å². The van der Waals surface area contributed by atoms with Crippen LogP contribution in [-0.2, 0) is 11.2 Å². The summed E-state index contributed by atoms with van der Waals surface area (Å²) in [6.07, 6.45) is 3.12. The molecule has 1 aliphatic rings. The van der Waals surface area contributed by atoms with Crippen LogP contribution in [0.15, 0.2) is 34.9 Å². The molecule has 2 heterocycles. The van der Waals surface area contributed by atoms with Crippen molar-refractivity contribution in [2.75, 3.05) is 11.9 Å². The Labute approximate surface area is 126 Å². The van der Waals surface area contributed by atoms with Gasteiger partial charge in [0.1, 0.15) is 5.76 Å². The fraction of sp³-hybridized carbons (Fsp3) is 0.312. The fourth-order valence-corrected chi connectivity index (χ4v) is 3.43. The number of benzene rings is 1. The molecular weight excluding hydrogens is 318 g/mol. The molecular formula is C16H16BrNO2. The first-order valence-electron chi connectivity index (χ1n) is 6.65. The number of aryl methyl sites for hydroxylation is 2. The number of anilines is 1. The predicted molar refractivity (Wildman–Crippen MR) is 82.4 cm³/mol. The molecule has 0 saturated heterocycles. The Morgan fingerprint density at radius 2 is 2.10 bits per heavy atom. The highest BCUT2D eigenvalue weighted by Gasteiger charge is 2.22. The third kappa shape index (κ3) is 2.18. The highest BCUT2D eigenvalue weighted by Crippen LogP contribution is 2.36. The number of rotatable bonds is 2. The van der Waals surface area contributed by atoms with Crippen LogP contribution >= 0.6 is 15.9 Å². The SMILES string of the molecule is Cc1occc1C(Br)c1ccc2c(c1)CCC(=O)N2C. The van der Waals surface area contributed by atoms with E-state index in [-0.39, 0.29) is 10.7 Å². The van der Waals surface area contributed by atoms with Crippen molar-refractivity contribution in [2.24, 2.45) is 0 Å². The number of furan rings is 1. The maximum atomic E-state index is 11.7. The standard InChI is InChI=1S/C16H16BrNO2/c1-10-13(7-8-20-10)16(17)12-3-5-14-11(9-12)4-6-15(19)18(14)2/h3,5,7-9,16H,4,6H2,1-2H3. The lowest BCUT2D eigenvalue weighted by Crippen LogP contribution is -2.31. The van der Waals surface area contributed by atoms with Crippen molar-refractivity contribution in [3.05, 3.63) is 53.0 Å². The van der Waals surface area contributed by atoms with Crippen LogP contribution in [-0.4, -0.2) is 13.0 Å². The van der Waals surface area contributed by atoms with Crippen LogP contribution < -0.4 is 4.90 Å². The molecule has 0 spiro atoms. The molecule has 1 aromatic carbocycles. The molecule has 0 fully saturated rings. The molecule has 1 amide bonds. The number of carbonyl (C=O) groups excluding carboxylic acids is 1. The van der Waals surface area contributed by atoms with E-state index in [1.54, 1.807) is 11.2 Å². The van der Waals surface area contributed by atoms with E-state index in [9.17, 15) is 4.79 Å². The van der Waals surface area contributed by atoms with E-state index in [0.29, 0.717) is 6.42 Å². The van der Waals surface area contributed by atoms with E-state index >= 15 is 0 Å². The Bertz CT molecular complexity index is 662. The monoisotopic (exact) mass is 333 g/mol. The molecule has 3 nitrogen and oxygen atoms in total. The smallest absolute Gasteiger partial charge is 0.227 e. The number of hydrogen-bond donors (Lipinski definition) is 0. The van der Waals surface area contributed by atoms with E-state index in [0.717, 1.165) is 23.4 Å². The Morgan fingerprint density at radius 3 is 2.80 bits per heavy atom. The number of nitrogens with zero attached hydrogens (tertiary/aromatic N) is 1. The summed E-state index contributed by atoms with van der Waals surface area (Å²) in [7, 11) is 1.84. The van der Waals surface area contributed by atoms with Crippen LogP contribution in [0.5, 0.6) is 0 Å². The second-order valence-electron chi connectivity index (χ2n) is 5.14. The molecule has 1 aromatic heterocycles. The zero-order chi connectivity index (χ0) is 14.3. The van der Waals surface area contributed by atoms with Gasteiger partial charge in [-0.3, -0.25) is 4.79 Å². The molecule has 4 heteroatoms. The quantitative estimate of drug-likeness (QED) is 0.779. The Morgan fingerprint density at radius 1 is 1.30 bits per heavy atom. The average molecular weight is 334 g/mol. The van der Waals surface area contributed by atoms with Gasteiger partial charge in [-0.2, -0.15) is 0 Å². The molecule has 0 saturated carbocycles. The van der Waals surface area contributed by atoms with Crippen LogP contribution in [0.4, 0.5) is 5.69 Å². The summed E-state index contributed by atoms with van der Waals surface area (Å²) in [4.78, 5) is 13.6. The number of amides is 1. The van der Waals surface area contributed by atoms with Gasteiger partial charge in [-0.25, -0.2) is 0 Å². The molecule has 0 bridgehead atoms. The van der Waals surface area contributed by atoms with Crippen LogP contribution in [0.1, 0.15) is 33.7 Å². The minimum Gasteiger partial charge on any atom is -0.469 e. The third-order valence-corrected chi connectivity index (χ3v) is 4.93. The molecule has 0 N–H and O–H groups in total. The normalized spacial score (nSPS) is 16.1. The van der Waals surface area contributed by atoms with Crippen molar-refractivity contribution >= 4 is 27.5 Å². The van der Waals surface area contributed by atoms with E-state index in [2.05, 4.69) is 28.1 Å². The Kier molecular flexibility index (Phi) is 3.42. The van der Waals surface area contributed by atoms with Gasteiger partial charge in [-0.1, -0.05) is 28.1 Å². The van der Waals surface area contributed by atoms with Gasteiger partial charge in [0.15, 0.2) is 0 Å². The van der Waals surface area contributed by atoms with Gasteiger partial charge in [0.05, 0.1) is 11.1 Å². The molecule has 104 valence electrons. The van der Waals surface area contributed by atoms with Gasteiger partial charge in [-0.15, -0.1) is 0 Å². The van der Waals surface area contributed by atoms with Gasteiger partial charge in [0.25, 0.3) is 0 Å². The first kappa shape index (κ1) is 13.4. The molecule has 2 aromatic rings. The van der Waals surface area contributed by atoms with E-state index in [4.69, 9.17) is 4.42 Å². The third-order valence-electron chi connectivity index (χ3n) is 3.91. The molecule has 1 atom stereocenters. The minimum absolute atomic E-state index is 0.120. The highest BCUT2D eigenvalue weighted by molar-refractivity contribution is 9.09. The van der Waals surface area contributed by atoms with Crippen LogP contribution in [0.3, 0.4) is 0 Å². The summed E-state index contributed by atoms with van der Waals surface area (Å²) >= 11 is 3.74. The zero-order valence-corrected chi connectivity index (χ0v) is 13.1. The maximum Gasteiger partial charge on any atom is 0.227 e. The second kappa shape index (κ2) is 5.09.